The summed E-state index contributed by atoms with van der Waals surface area (Å²) < 4.78 is 5.75. The maximum absolute atomic E-state index is 10.5. The third-order valence-electron chi connectivity index (χ3n) is 4.02. The number of hydrogen-bond donors (Lipinski definition) is 2. The molecule has 2 rings (SSSR count). The van der Waals surface area contributed by atoms with Crippen LogP contribution >= 0.6 is 12.4 Å². The first-order chi connectivity index (χ1) is 10.5. The smallest absolute Gasteiger partial charge is 0.124 e. The third-order valence-corrected chi connectivity index (χ3v) is 4.02. The second-order valence-corrected chi connectivity index (χ2v) is 6.20. The van der Waals surface area contributed by atoms with E-state index in [4.69, 9.17) is 10.5 Å². The first kappa shape index (κ1) is 19.8. The van der Waals surface area contributed by atoms with Crippen LogP contribution in [0.3, 0.4) is 0 Å². The molecule has 0 aliphatic carbocycles. The molecule has 0 aliphatic rings. The molecule has 3 N–H and O–H groups in total. The normalized spacial score (nSPS) is 13.7. The predicted octanol–water partition coefficient (Wildman–Crippen LogP) is 4.46. The first-order valence-corrected chi connectivity index (χ1v) is 8.12. The number of benzene rings is 2. The largest absolute Gasteiger partial charge is 0.494 e. The van der Waals surface area contributed by atoms with Crippen molar-refractivity contribution < 1.29 is 9.84 Å². The fourth-order valence-corrected chi connectivity index (χ4v) is 2.78. The average molecular weight is 338 g/mol. The summed E-state index contributed by atoms with van der Waals surface area (Å²) in [6.07, 6.45) is 1.10. The molecule has 0 saturated heterocycles. The summed E-state index contributed by atoms with van der Waals surface area (Å²) in [7, 11) is 0. The van der Waals surface area contributed by atoms with E-state index in [-0.39, 0.29) is 12.4 Å². The number of hydrogen-bond acceptors (Lipinski definition) is 3. The summed E-state index contributed by atoms with van der Waals surface area (Å²) in [6.45, 7) is 6.85. The second kappa shape index (κ2) is 9.11. The first-order valence-electron chi connectivity index (χ1n) is 8.12. The Morgan fingerprint density at radius 2 is 1.78 bits per heavy atom. The van der Waals surface area contributed by atoms with Crippen LogP contribution in [-0.4, -0.2) is 17.8 Å². The molecule has 0 bridgehead atoms. The summed E-state index contributed by atoms with van der Waals surface area (Å²) in [5.74, 6) is 1.33. The predicted molar refractivity (Wildman–Crippen MR) is 99.4 cm³/mol. The highest BCUT2D eigenvalue weighted by atomic mass is 35.5. The van der Waals surface area contributed by atoms with Crippen molar-refractivity contribution in [3.8, 4) is 5.75 Å². The number of aliphatic hydroxyl groups excluding tert-OH is 1. The van der Waals surface area contributed by atoms with Gasteiger partial charge in [0.1, 0.15) is 5.75 Å². The number of nitrogens with two attached hydrogens (primary N) is 1. The fraction of sp³-hybridized carbons (Fsp3) is 0.474. The zero-order valence-corrected chi connectivity index (χ0v) is 15.0. The Bertz CT molecular complexity index is 615. The Hall–Kier alpha value is -1.29. The molecule has 23 heavy (non-hydrogen) atoms. The molecule has 0 radical (unpaired) electrons. The zero-order chi connectivity index (χ0) is 16.1. The van der Waals surface area contributed by atoms with E-state index in [1.807, 2.05) is 37.3 Å². The van der Waals surface area contributed by atoms with Crippen molar-refractivity contribution in [3.63, 3.8) is 0 Å². The minimum atomic E-state index is -0.563. The number of rotatable bonds is 7. The number of fused-ring (bicyclic) bond motifs is 1. The minimum Gasteiger partial charge on any atom is -0.494 e. The molecule has 0 spiro atoms. The van der Waals surface area contributed by atoms with Crippen molar-refractivity contribution in [1.82, 2.24) is 0 Å². The fourth-order valence-electron chi connectivity index (χ4n) is 2.78. The molecule has 2 aromatic rings. The molecule has 0 unspecified atom stereocenters. The highest BCUT2D eigenvalue weighted by molar-refractivity contribution is 5.88. The van der Waals surface area contributed by atoms with Gasteiger partial charge in [0.25, 0.3) is 0 Å². The quantitative estimate of drug-likeness (QED) is 0.784. The van der Waals surface area contributed by atoms with E-state index in [1.54, 1.807) is 0 Å². The van der Waals surface area contributed by atoms with E-state index >= 15 is 0 Å². The van der Waals surface area contributed by atoms with Gasteiger partial charge in [-0.3, -0.25) is 0 Å². The maximum atomic E-state index is 10.5. The average Bonchev–Trinajstić information content (AvgIpc) is 2.52. The van der Waals surface area contributed by atoms with Gasteiger partial charge in [-0.05, 0) is 42.5 Å². The monoisotopic (exact) mass is 337 g/mol. The van der Waals surface area contributed by atoms with Crippen LogP contribution in [0.15, 0.2) is 36.4 Å². The number of halogens is 1. The second-order valence-electron chi connectivity index (χ2n) is 6.20. The Labute approximate surface area is 145 Å². The van der Waals surface area contributed by atoms with E-state index in [1.165, 1.54) is 0 Å². The van der Waals surface area contributed by atoms with Crippen molar-refractivity contribution in [2.75, 3.05) is 6.61 Å². The van der Waals surface area contributed by atoms with Crippen LogP contribution in [0.5, 0.6) is 5.75 Å². The lowest BCUT2D eigenvalue weighted by molar-refractivity contribution is 0.127. The van der Waals surface area contributed by atoms with Gasteiger partial charge in [-0.15, -0.1) is 12.4 Å². The summed E-state index contributed by atoms with van der Waals surface area (Å²) in [5.41, 5.74) is 7.31. The zero-order valence-electron chi connectivity index (χ0n) is 14.2. The van der Waals surface area contributed by atoms with Gasteiger partial charge in [-0.1, -0.05) is 44.2 Å². The van der Waals surface area contributed by atoms with Gasteiger partial charge in [-0.25, -0.2) is 0 Å². The van der Waals surface area contributed by atoms with E-state index in [0.717, 1.165) is 28.5 Å². The number of aliphatic hydroxyl groups is 1. The van der Waals surface area contributed by atoms with Crippen molar-refractivity contribution >= 4 is 23.2 Å². The SMILES string of the molecule is CCOc1ccc2ccccc2c1[C@@H](N)[C@@H](O)CCC(C)C.Cl. The topological polar surface area (TPSA) is 55.5 Å². The lowest BCUT2D eigenvalue weighted by Crippen LogP contribution is -2.27. The number of ether oxygens (including phenoxy) is 1. The van der Waals surface area contributed by atoms with Gasteiger partial charge in [-0.2, -0.15) is 0 Å². The lowest BCUT2D eigenvalue weighted by atomic mass is 9.91. The van der Waals surface area contributed by atoms with E-state index in [2.05, 4.69) is 19.9 Å². The van der Waals surface area contributed by atoms with Crippen LogP contribution in [0.1, 0.15) is 45.2 Å². The molecule has 2 atom stereocenters. The van der Waals surface area contributed by atoms with E-state index < -0.39 is 12.1 Å². The lowest BCUT2D eigenvalue weighted by Gasteiger charge is -2.24. The molecule has 0 heterocycles. The van der Waals surface area contributed by atoms with Crippen LogP contribution in [0, 0.1) is 5.92 Å². The van der Waals surface area contributed by atoms with E-state index in [9.17, 15) is 5.11 Å². The molecule has 0 amide bonds. The van der Waals surface area contributed by atoms with Gasteiger partial charge < -0.3 is 15.6 Å². The van der Waals surface area contributed by atoms with Gasteiger partial charge in [0.05, 0.1) is 18.8 Å². The molecule has 0 fully saturated rings. The Balaban J connectivity index is 0.00000264. The Kier molecular flexibility index (Phi) is 7.83. The van der Waals surface area contributed by atoms with Crippen LogP contribution in [0.2, 0.25) is 0 Å². The molecule has 3 nitrogen and oxygen atoms in total. The standard InChI is InChI=1S/C19H27NO2.ClH/c1-4-22-17-12-10-14-7-5-6-8-15(14)18(17)19(20)16(21)11-9-13(2)3;/h5-8,10,12-13,16,19,21H,4,9,11,20H2,1-3H3;1H/t16-,19-;/m0./s1. The van der Waals surface area contributed by atoms with Crippen molar-refractivity contribution in [1.29, 1.82) is 0 Å². The summed E-state index contributed by atoms with van der Waals surface area (Å²) in [6, 6.07) is 11.7. The van der Waals surface area contributed by atoms with Gasteiger partial charge in [0.15, 0.2) is 0 Å². The highest BCUT2D eigenvalue weighted by Crippen LogP contribution is 2.34. The van der Waals surface area contributed by atoms with Crippen LogP contribution in [-0.2, 0) is 0 Å². The molecule has 0 saturated carbocycles. The molecule has 2 aromatic carbocycles. The van der Waals surface area contributed by atoms with Crippen molar-refractivity contribution in [2.45, 2.75) is 45.8 Å². The Morgan fingerprint density at radius 3 is 2.43 bits per heavy atom. The van der Waals surface area contributed by atoms with Crippen LogP contribution < -0.4 is 10.5 Å². The molecule has 4 heteroatoms. The van der Waals surface area contributed by atoms with Crippen molar-refractivity contribution in [2.24, 2.45) is 11.7 Å². The summed E-state index contributed by atoms with van der Waals surface area (Å²) in [5, 5.41) is 12.7. The summed E-state index contributed by atoms with van der Waals surface area (Å²) in [4.78, 5) is 0. The third kappa shape index (κ3) is 4.84. The minimum absolute atomic E-state index is 0. The Morgan fingerprint density at radius 1 is 1.09 bits per heavy atom. The van der Waals surface area contributed by atoms with Gasteiger partial charge >= 0.3 is 0 Å². The molecular formula is C19H28ClNO2. The molecule has 0 aliphatic heterocycles. The molecule has 128 valence electrons. The summed E-state index contributed by atoms with van der Waals surface area (Å²) >= 11 is 0. The van der Waals surface area contributed by atoms with Gasteiger partial charge in [0.2, 0.25) is 0 Å². The maximum Gasteiger partial charge on any atom is 0.124 e. The van der Waals surface area contributed by atoms with Gasteiger partial charge in [0, 0.05) is 5.56 Å². The van der Waals surface area contributed by atoms with Crippen LogP contribution in [0.4, 0.5) is 0 Å². The molecule has 0 aromatic heterocycles. The van der Waals surface area contributed by atoms with Crippen molar-refractivity contribution in [3.05, 3.63) is 42.0 Å². The van der Waals surface area contributed by atoms with Crippen LogP contribution in [0.25, 0.3) is 10.8 Å². The molecular weight excluding hydrogens is 310 g/mol. The van der Waals surface area contributed by atoms with E-state index in [0.29, 0.717) is 18.9 Å². The highest BCUT2D eigenvalue weighted by Gasteiger charge is 2.23.